The maximum absolute atomic E-state index is 12.8. The van der Waals surface area contributed by atoms with Crippen molar-refractivity contribution in [1.82, 2.24) is 9.71 Å². The normalized spacial score (nSPS) is 21.6. The number of nitrogens with one attached hydrogen (secondary N) is 1. The summed E-state index contributed by atoms with van der Waals surface area (Å²) >= 11 is 16.4. The van der Waals surface area contributed by atoms with Crippen LogP contribution in [0.4, 0.5) is 5.69 Å². The summed E-state index contributed by atoms with van der Waals surface area (Å²) in [6.45, 7) is 10.1. The van der Waals surface area contributed by atoms with Gasteiger partial charge in [0.25, 0.3) is 0 Å². The molecular weight excluding hydrogens is 493 g/mol. The quantitative estimate of drug-likeness (QED) is 0.338. The number of piperidine rings is 1. The van der Waals surface area contributed by atoms with Crippen LogP contribution >= 0.6 is 35.8 Å². The summed E-state index contributed by atoms with van der Waals surface area (Å²) in [5, 5.41) is 1.74. The third kappa shape index (κ3) is 5.17. The number of aryl methyl sites for hydroxylation is 1. The molecular formula is C25H33Cl2N3OS2. The molecule has 1 aromatic heterocycles. The van der Waals surface area contributed by atoms with Crippen molar-refractivity contribution in [1.29, 1.82) is 0 Å². The molecule has 1 spiro atoms. The smallest absolute Gasteiger partial charge is 0.136 e. The van der Waals surface area contributed by atoms with Crippen LogP contribution in [-0.4, -0.2) is 33.4 Å². The molecule has 1 unspecified atom stereocenters. The van der Waals surface area contributed by atoms with Gasteiger partial charge in [0.05, 0.1) is 27.5 Å². The molecule has 1 saturated carbocycles. The summed E-state index contributed by atoms with van der Waals surface area (Å²) in [7, 11) is 0. The van der Waals surface area contributed by atoms with Crippen molar-refractivity contribution in [2.24, 2.45) is 5.41 Å². The van der Waals surface area contributed by atoms with Gasteiger partial charge in [0.2, 0.25) is 0 Å². The molecule has 8 heteroatoms. The molecule has 1 aliphatic carbocycles. The van der Waals surface area contributed by atoms with Crippen molar-refractivity contribution in [3.05, 3.63) is 39.9 Å². The van der Waals surface area contributed by atoms with Crippen molar-refractivity contribution in [2.75, 3.05) is 18.0 Å². The molecule has 180 valence electrons. The number of anilines is 1. The van der Waals surface area contributed by atoms with Crippen LogP contribution in [0.1, 0.15) is 58.4 Å². The molecule has 33 heavy (non-hydrogen) atoms. The molecule has 1 aliphatic heterocycles. The highest BCUT2D eigenvalue weighted by Crippen LogP contribution is 2.48. The number of hydrogen-bond acceptors (Lipinski definition) is 5. The van der Waals surface area contributed by atoms with Crippen LogP contribution in [0.2, 0.25) is 10.0 Å². The fourth-order valence-electron chi connectivity index (χ4n) is 5.20. The highest BCUT2D eigenvalue weighted by molar-refractivity contribution is 7.90. The van der Waals surface area contributed by atoms with E-state index in [1.54, 1.807) is 6.07 Å². The number of aromatic nitrogens is 1. The first kappa shape index (κ1) is 25.5. The topological polar surface area (TPSA) is 51.2 Å². The fourth-order valence-corrected chi connectivity index (χ4v) is 6.88. The number of halogens is 2. The van der Waals surface area contributed by atoms with Gasteiger partial charge in [0.15, 0.2) is 0 Å². The van der Waals surface area contributed by atoms with Gasteiger partial charge in [-0.05, 0) is 76.5 Å². The lowest BCUT2D eigenvalue weighted by molar-refractivity contribution is 0.187. The Kier molecular flexibility index (Phi) is 7.55. The van der Waals surface area contributed by atoms with Crippen molar-refractivity contribution in [2.45, 2.75) is 75.6 Å². The molecule has 2 aromatic rings. The summed E-state index contributed by atoms with van der Waals surface area (Å²) in [6, 6.07) is 8.10. The van der Waals surface area contributed by atoms with Crippen molar-refractivity contribution in [3.63, 3.8) is 0 Å². The molecule has 4 rings (SSSR count). The van der Waals surface area contributed by atoms with E-state index in [1.807, 2.05) is 32.9 Å². The second kappa shape index (κ2) is 9.79. The van der Waals surface area contributed by atoms with Gasteiger partial charge in [-0.25, -0.2) is 4.98 Å². The Balaban J connectivity index is 1.51. The van der Waals surface area contributed by atoms with Crippen LogP contribution in [0.25, 0.3) is 11.3 Å². The fraction of sp³-hybridized carbons (Fsp3) is 0.560. The van der Waals surface area contributed by atoms with E-state index < -0.39 is 11.4 Å². The van der Waals surface area contributed by atoms with E-state index in [9.17, 15) is 4.55 Å². The summed E-state index contributed by atoms with van der Waals surface area (Å²) < 4.78 is 16.0. The number of nitrogens with zero attached hydrogens (tertiary/aromatic N) is 2. The average Bonchev–Trinajstić information content (AvgIpc) is 3.13. The Morgan fingerprint density at radius 1 is 1.21 bits per heavy atom. The zero-order valence-electron chi connectivity index (χ0n) is 19.8. The predicted octanol–water partition coefficient (Wildman–Crippen LogP) is 6.84. The average molecular weight is 527 g/mol. The molecule has 1 saturated heterocycles. The Labute approximate surface area is 216 Å². The summed E-state index contributed by atoms with van der Waals surface area (Å²) in [6.07, 6.45) is 5.68. The van der Waals surface area contributed by atoms with Crippen molar-refractivity contribution in [3.8, 4) is 11.3 Å². The van der Waals surface area contributed by atoms with Crippen molar-refractivity contribution >= 4 is 52.9 Å². The lowest BCUT2D eigenvalue weighted by Crippen LogP contribution is -2.53. The standard InChI is InChI=1S/C25H33Cl2N3OS2/c1-16-15-19(23(32)28-22(16)17-7-5-8-18(26)21(17)27)30-13-11-25(12-14-30)10-6-9-20(25)29-33(31)24(2,3)4/h5,7-8,15,20,29H,6,9-14H2,1-4H3,(H,28,32)/t20-,33?/m1/s1. The van der Waals surface area contributed by atoms with Gasteiger partial charge in [0, 0.05) is 30.0 Å². The molecule has 4 nitrogen and oxygen atoms in total. The number of rotatable bonds is 4. The molecule has 1 aromatic carbocycles. The lowest BCUT2D eigenvalue weighted by atomic mass is 9.74. The maximum atomic E-state index is 12.8. The Morgan fingerprint density at radius 3 is 2.58 bits per heavy atom. The summed E-state index contributed by atoms with van der Waals surface area (Å²) in [5.41, 5.74) is 3.98. The monoisotopic (exact) mass is 525 g/mol. The molecule has 2 heterocycles. The molecule has 2 aliphatic rings. The highest BCUT2D eigenvalue weighted by atomic mass is 35.5. The third-order valence-corrected chi connectivity index (χ3v) is 9.95. The number of thiol groups is 1. The Hall–Kier alpha value is -0.630. The van der Waals surface area contributed by atoms with Crippen LogP contribution in [0.5, 0.6) is 0 Å². The van der Waals surface area contributed by atoms with Gasteiger partial charge in [-0.3, -0.25) is 0 Å². The van der Waals surface area contributed by atoms with Crippen molar-refractivity contribution < 1.29 is 4.55 Å². The first-order valence-electron chi connectivity index (χ1n) is 11.6. The number of pyridine rings is 1. The first-order valence-corrected chi connectivity index (χ1v) is 14.0. The molecule has 0 amide bonds. The maximum Gasteiger partial charge on any atom is 0.136 e. The van der Waals surface area contributed by atoms with Gasteiger partial charge in [-0.2, -0.15) is 0 Å². The summed E-state index contributed by atoms with van der Waals surface area (Å²) in [5.74, 6) is 0. The molecule has 0 bridgehead atoms. The van der Waals surface area contributed by atoms with E-state index in [0.29, 0.717) is 21.1 Å². The minimum Gasteiger partial charge on any atom is -0.598 e. The largest absolute Gasteiger partial charge is 0.598 e. The van der Waals surface area contributed by atoms with E-state index in [2.05, 4.69) is 22.6 Å². The van der Waals surface area contributed by atoms with E-state index in [4.69, 9.17) is 40.8 Å². The van der Waals surface area contributed by atoms with Crippen LogP contribution in [0.3, 0.4) is 0 Å². The number of hydrogen-bond donors (Lipinski definition) is 2. The first-order chi connectivity index (χ1) is 15.5. The van der Waals surface area contributed by atoms with E-state index >= 15 is 0 Å². The van der Waals surface area contributed by atoms with Gasteiger partial charge in [-0.1, -0.05) is 41.8 Å². The van der Waals surface area contributed by atoms with E-state index in [-0.39, 0.29) is 10.2 Å². The molecule has 2 fully saturated rings. The zero-order chi connectivity index (χ0) is 24.0. The predicted molar refractivity (Wildman–Crippen MR) is 144 cm³/mol. The minimum atomic E-state index is -1.04. The van der Waals surface area contributed by atoms with Gasteiger partial charge >= 0.3 is 0 Å². The second-order valence-corrected chi connectivity index (χ2v) is 13.6. The Morgan fingerprint density at radius 2 is 1.91 bits per heavy atom. The van der Waals surface area contributed by atoms with Gasteiger partial charge in [-0.15, -0.1) is 17.4 Å². The minimum absolute atomic E-state index is 0.227. The molecule has 0 radical (unpaired) electrons. The Bertz CT molecular complexity index is 1020. The summed E-state index contributed by atoms with van der Waals surface area (Å²) in [4.78, 5) is 7.21. The van der Waals surface area contributed by atoms with E-state index in [1.165, 1.54) is 12.8 Å². The molecule has 1 N–H and O–H groups in total. The number of benzene rings is 1. The lowest BCUT2D eigenvalue weighted by Gasteiger charge is -2.44. The van der Waals surface area contributed by atoms with Crippen LogP contribution < -0.4 is 9.62 Å². The molecule has 2 atom stereocenters. The van der Waals surface area contributed by atoms with Crippen LogP contribution in [-0.2, 0) is 11.4 Å². The third-order valence-electron chi connectivity index (χ3n) is 7.19. The second-order valence-electron chi connectivity index (χ2n) is 10.4. The van der Waals surface area contributed by atoms with Crippen LogP contribution in [0, 0.1) is 12.3 Å². The van der Waals surface area contributed by atoms with Gasteiger partial charge < -0.3 is 9.45 Å². The zero-order valence-corrected chi connectivity index (χ0v) is 23.0. The highest BCUT2D eigenvalue weighted by Gasteiger charge is 2.47. The van der Waals surface area contributed by atoms with Gasteiger partial charge in [0.1, 0.15) is 9.77 Å². The van der Waals surface area contributed by atoms with Crippen LogP contribution in [0.15, 0.2) is 29.3 Å². The SMILES string of the molecule is Cc1cc(N2CCC3(CCC[C@H]3N[S+]([O-])C(C)(C)C)CC2)c(S)nc1-c1cccc(Cl)c1Cl. The van der Waals surface area contributed by atoms with E-state index in [0.717, 1.165) is 54.9 Å².